The van der Waals surface area contributed by atoms with Crippen molar-refractivity contribution >= 4 is 27.7 Å². The molecule has 1 amide bonds. The van der Waals surface area contributed by atoms with E-state index >= 15 is 0 Å². The third-order valence-electron chi connectivity index (χ3n) is 5.69. The molecule has 164 valence electrons. The van der Waals surface area contributed by atoms with Crippen molar-refractivity contribution in [3.05, 3.63) is 70.2 Å². The number of carbonyl (C=O) groups excluding carboxylic acids is 1. The van der Waals surface area contributed by atoms with Gasteiger partial charge >= 0.3 is 0 Å². The Morgan fingerprint density at radius 3 is 2.42 bits per heavy atom. The molecule has 0 saturated carbocycles. The van der Waals surface area contributed by atoms with Crippen LogP contribution >= 0.6 is 15.9 Å². The van der Waals surface area contributed by atoms with Crippen LogP contribution in [0.15, 0.2) is 63.6 Å². The van der Waals surface area contributed by atoms with E-state index in [9.17, 15) is 4.79 Å². The molecule has 1 heterocycles. The number of benzene rings is 2. The summed E-state index contributed by atoms with van der Waals surface area (Å²) in [5.41, 5.74) is 3.33. The van der Waals surface area contributed by atoms with E-state index in [1.165, 1.54) is 0 Å². The van der Waals surface area contributed by atoms with Gasteiger partial charge in [0, 0.05) is 34.7 Å². The zero-order valence-electron chi connectivity index (χ0n) is 18.8. The number of nitrogens with zero attached hydrogens (tertiary/aromatic N) is 3. The summed E-state index contributed by atoms with van der Waals surface area (Å²) in [6.07, 6.45) is 0.848. The third kappa shape index (κ3) is 5.18. The molecule has 6 heteroatoms. The monoisotopic (exact) mass is 483 g/mol. The molecule has 0 saturated heterocycles. The van der Waals surface area contributed by atoms with Gasteiger partial charge in [0.2, 0.25) is 5.88 Å². The lowest BCUT2D eigenvalue weighted by atomic mass is 10.0. The van der Waals surface area contributed by atoms with Gasteiger partial charge in [-0.2, -0.15) is 0 Å². The number of amides is 1. The molecule has 0 N–H and O–H groups in total. The number of hydrogen-bond donors (Lipinski definition) is 0. The van der Waals surface area contributed by atoms with Crippen LogP contribution in [-0.4, -0.2) is 35.1 Å². The summed E-state index contributed by atoms with van der Waals surface area (Å²) in [5.74, 6) is 0.693. The molecule has 0 unspecified atom stereocenters. The molecule has 5 nitrogen and oxygen atoms in total. The van der Waals surface area contributed by atoms with Gasteiger partial charge in [-0.1, -0.05) is 64.4 Å². The van der Waals surface area contributed by atoms with Crippen LogP contribution in [0, 0.1) is 0 Å². The van der Waals surface area contributed by atoms with Gasteiger partial charge in [-0.25, -0.2) is 0 Å². The fraction of sp³-hybridized carbons (Fsp3) is 0.360. The Kier molecular flexibility index (Phi) is 7.55. The van der Waals surface area contributed by atoms with Gasteiger partial charge in [-0.05, 0) is 45.4 Å². The van der Waals surface area contributed by atoms with Crippen LogP contribution in [0.2, 0.25) is 0 Å². The van der Waals surface area contributed by atoms with Crippen LogP contribution in [0.5, 0.6) is 0 Å². The summed E-state index contributed by atoms with van der Waals surface area (Å²) in [5, 5.41) is 4.41. The molecule has 0 aliphatic rings. The van der Waals surface area contributed by atoms with E-state index in [2.05, 4.69) is 53.7 Å². The van der Waals surface area contributed by atoms with Gasteiger partial charge in [0.05, 0.1) is 12.1 Å². The molecule has 3 aromatic rings. The van der Waals surface area contributed by atoms with Crippen LogP contribution in [0.3, 0.4) is 0 Å². The standard InChI is InChI=1S/C25H30BrN3O2/c1-6-18(4)29(24(30)20-13-10-14-21(26)15-20)16-22-23(19-11-8-7-9-12-19)27-31-25(22)28(5)17(2)3/h7-15,17-18H,6,16H2,1-5H3/t18-/m0/s1. The molecule has 0 radical (unpaired) electrons. The Bertz CT molecular complexity index is 1020. The minimum Gasteiger partial charge on any atom is -0.341 e. The highest BCUT2D eigenvalue weighted by atomic mass is 79.9. The summed E-state index contributed by atoms with van der Waals surface area (Å²) in [7, 11) is 1.99. The van der Waals surface area contributed by atoms with Crippen molar-refractivity contribution in [3.8, 4) is 11.3 Å². The Hall–Kier alpha value is -2.60. The number of rotatable bonds is 8. The van der Waals surface area contributed by atoms with Crippen molar-refractivity contribution < 1.29 is 9.32 Å². The van der Waals surface area contributed by atoms with E-state index in [1.807, 2.05) is 66.5 Å². The molecular weight excluding hydrogens is 454 g/mol. The van der Waals surface area contributed by atoms with E-state index in [-0.39, 0.29) is 18.0 Å². The number of anilines is 1. The topological polar surface area (TPSA) is 49.6 Å². The van der Waals surface area contributed by atoms with Gasteiger partial charge in [0.15, 0.2) is 0 Å². The molecule has 0 fully saturated rings. The highest BCUT2D eigenvalue weighted by molar-refractivity contribution is 9.10. The second-order valence-corrected chi connectivity index (χ2v) is 9.00. The van der Waals surface area contributed by atoms with Gasteiger partial charge in [-0.15, -0.1) is 0 Å². The Labute approximate surface area is 193 Å². The predicted octanol–water partition coefficient (Wildman–Crippen LogP) is 6.39. The van der Waals surface area contributed by atoms with Gasteiger partial charge in [0.25, 0.3) is 5.91 Å². The van der Waals surface area contributed by atoms with Crippen molar-refractivity contribution in [2.75, 3.05) is 11.9 Å². The fourth-order valence-electron chi connectivity index (χ4n) is 3.38. The smallest absolute Gasteiger partial charge is 0.254 e. The van der Waals surface area contributed by atoms with Gasteiger partial charge in [0.1, 0.15) is 5.69 Å². The Morgan fingerprint density at radius 1 is 1.10 bits per heavy atom. The van der Waals surface area contributed by atoms with Crippen LogP contribution in [0.25, 0.3) is 11.3 Å². The van der Waals surface area contributed by atoms with E-state index in [0.29, 0.717) is 18.0 Å². The number of halogens is 1. The lowest BCUT2D eigenvalue weighted by Gasteiger charge is -2.30. The second-order valence-electron chi connectivity index (χ2n) is 8.09. The zero-order valence-corrected chi connectivity index (χ0v) is 20.4. The number of hydrogen-bond acceptors (Lipinski definition) is 4. The molecule has 1 atom stereocenters. The minimum atomic E-state index is -0.00554. The van der Waals surface area contributed by atoms with Gasteiger partial charge < -0.3 is 14.3 Å². The first-order valence-electron chi connectivity index (χ1n) is 10.7. The summed E-state index contributed by atoms with van der Waals surface area (Å²) in [6, 6.07) is 17.8. The summed E-state index contributed by atoms with van der Waals surface area (Å²) < 4.78 is 6.71. The third-order valence-corrected chi connectivity index (χ3v) is 6.19. The largest absolute Gasteiger partial charge is 0.341 e. The lowest BCUT2D eigenvalue weighted by molar-refractivity contribution is 0.0672. The molecule has 1 aromatic heterocycles. The maximum absolute atomic E-state index is 13.5. The van der Waals surface area contributed by atoms with E-state index < -0.39 is 0 Å². The Morgan fingerprint density at radius 2 is 1.81 bits per heavy atom. The molecule has 2 aromatic carbocycles. The average Bonchev–Trinajstić information content (AvgIpc) is 3.19. The predicted molar refractivity (Wildman–Crippen MR) is 129 cm³/mol. The molecular formula is C25H30BrN3O2. The van der Waals surface area contributed by atoms with Crippen LogP contribution in [0.1, 0.15) is 50.0 Å². The normalized spacial score (nSPS) is 12.1. The first-order valence-corrected chi connectivity index (χ1v) is 11.5. The molecule has 3 rings (SSSR count). The molecule has 0 aliphatic heterocycles. The van der Waals surface area contributed by atoms with E-state index in [0.717, 1.165) is 27.7 Å². The van der Waals surface area contributed by atoms with Crippen molar-refractivity contribution in [2.24, 2.45) is 0 Å². The van der Waals surface area contributed by atoms with Crippen molar-refractivity contribution in [2.45, 2.75) is 52.7 Å². The first kappa shape index (κ1) is 23.1. The SMILES string of the molecule is CC[C@H](C)N(Cc1c(-c2ccccc2)noc1N(C)C(C)C)C(=O)c1cccc(Br)c1. The summed E-state index contributed by atoms with van der Waals surface area (Å²) in [4.78, 5) is 17.5. The van der Waals surface area contributed by atoms with Crippen LogP contribution in [-0.2, 0) is 6.54 Å². The van der Waals surface area contributed by atoms with Gasteiger partial charge in [-0.3, -0.25) is 4.79 Å². The van der Waals surface area contributed by atoms with Crippen LogP contribution in [0.4, 0.5) is 5.88 Å². The highest BCUT2D eigenvalue weighted by Gasteiger charge is 2.28. The van der Waals surface area contributed by atoms with Crippen molar-refractivity contribution in [3.63, 3.8) is 0 Å². The van der Waals surface area contributed by atoms with Crippen molar-refractivity contribution in [1.29, 1.82) is 0 Å². The average molecular weight is 484 g/mol. The summed E-state index contributed by atoms with van der Waals surface area (Å²) >= 11 is 3.48. The molecule has 0 aliphatic carbocycles. The molecule has 31 heavy (non-hydrogen) atoms. The van der Waals surface area contributed by atoms with E-state index in [1.54, 1.807) is 0 Å². The first-order chi connectivity index (χ1) is 14.8. The maximum Gasteiger partial charge on any atom is 0.254 e. The zero-order chi connectivity index (χ0) is 22.5. The quantitative estimate of drug-likeness (QED) is 0.372. The fourth-order valence-corrected chi connectivity index (χ4v) is 3.78. The lowest BCUT2D eigenvalue weighted by Crippen LogP contribution is -2.38. The van der Waals surface area contributed by atoms with E-state index in [4.69, 9.17) is 4.52 Å². The molecule has 0 spiro atoms. The number of carbonyl (C=O) groups is 1. The van der Waals surface area contributed by atoms with Crippen molar-refractivity contribution in [1.82, 2.24) is 10.1 Å². The highest BCUT2D eigenvalue weighted by Crippen LogP contribution is 2.33. The molecule has 0 bridgehead atoms. The minimum absolute atomic E-state index is 0.00554. The Balaban J connectivity index is 2.07. The summed E-state index contributed by atoms with van der Waals surface area (Å²) in [6.45, 7) is 8.80. The van der Waals surface area contributed by atoms with Crippen LogP contribution < -0.4 is 4.90 Å². The number of aromatic nitrogens is 1. The maximum atomic E-state index is 13.5. The second kappa shape index (κ2) is 10.1.